The van der Waals surface area contributed by atoms with Crippen LogP contribution >= 0.6 is 34.8 Å². The zero-order valence-corrected chi connectivity index (χ0v) is 17.4. The average Bonchev–Trinajstić information content (AvgIpc) is 2.65. The smallest absolute Gasteiger partial charge is 0.242 e. The maximum atomic E-state index is 13.1. The van der Waals surface area contributed by atoms with Crippen LogP contribution in [-0.2, 0) is 22.6 Å². The quantitative estimate of drug-likeness (QED) is 0.693. The molecule has 1 N–H and O–H groups in total. The maximum Gasteiger partial charge on any atom is 0.242 e. The highest BCUT2D eigenvalue weighted by molar-refractivity contribution is 6.42. The highest BCUT2D eigenvalue weighted by atomic mass is 35.5. The van der Waals surface area contributed by atoms with E-state index in [9.17, 15) is 9.59 Å². The number of hydrogen-bond acceptors (Lipinski definition) is 2. The van der Waals surface area contributed by atoms with Crippen LogP contribution in [0.1, 0.15) is 24.5 Å². The van der Waals surface area contributed by atoms with Crippen LogP contribution in [0.2, 0.25) is 15.1 Å². The highest BCUT2D eigenvalue weighted by Crippen LogP contribution is 2.25. The fraction of sp³-hybridized carbons (Fsp3) is 0.300. The first-order chi connectivity index (χ1) is 12.9. The van der Waals surface area contributed by atoms with Crippen molar-refractivity contribution in [3.63, 3.8) is 0 Å². The summed E-state index contributed by atoms with van der Waals surface area (Å²) in [6.45, 7) is 2.11. The molecule has 0 heterocycles. The zero-order valence-electron chi connectivity index (χ0n) is 15.1. The molecule has 0 fully saturated rings. The van der Waals surface area contributed by atoms with Gasteiger partial charge in [0.25, 0.3) is 0 Å². The number of benzene rings is 2. The van der Waals surface area contributed by atoms with E-state index in [1.807, 2.05) is 19.1 Å². The minimum absolute atomic E-state index is 0.106. The van der Waals surface area contributed by atoms with Gasteiger partial charge in [-0.1, -0.05) is 66.0 Å². The first-order valence-electron chi connectivity index (χ1n) is 8.55. The molecule has 0 saturated heterocycles. The minimum atomic E-state index is -0.598. The number of nitrogens with zero attached hydrogens (tertiary/aromatic N) is 1. The molecule has 0 aliphatic carbocycles. The number of carbonyl (C=O) groups excluding carboxylic acids is 2. The van der Waals surface area contributed by atoms with Gasteiger partial charge in [-0.25, -0.2) is 0 Å². The number of amides is 2. The van der Waals surface area contributed by atoms with Crippen molar-refractivity contribution in [3.8, 4) is 0 Å². The topological polar surface area (TPSA) is 49.4 Å². The Kier molecular flexibility index (Phi) is 7.96. The van der Waals surface area contributed by atoms with Gasteiger partial charge >= 0.3 is 0 Å². The Morgan fingerprint density at radius 2 is 1.74 bits per heavy atom. The molecular weight excluding hydrogens is 407 g/mol. The number of rotatable bonds is 7. The lowest BCUT2D eigenvalue weighted by Crippen LogP contribution is -2.48. The number of nitrogens with one attached hydrogen (secondary N) is 1. The summed E-state index contributed by atoms with van der Waals surface area (Å²) >= 11 is 18.3. The van der Waals surface area contributed by atoms with Crippen molar-refractivity contribution >= 4 is 46.6 Å². The Morgan fingerprint density at radius 1 is 1.04 bits per heavy atom. The van der Waals surface area contributed by atoms with E-state index >= 15 is 0 Å². The summed E-state index contributed by atoms with van der Waals surface area (Å²) in [6.07, 6.45) is 0.587. The second kappa shape index (κ2) is 9.98. The molecule has 0 spiro atoms. The normalized spacial score (nSPS) is 11.7. The molecule has 4 nitrogen and oxygen atoms in total. The zero-order chi connectivity index (χ0) is 20.0. The average molecular weight is 428 g/mol. The summed E-state index contributed by atoms with van der Waals surface area (Å²) in [5.74, 6) is -0.408. The lowest BCUT2D eigenvalue weighted by molar-refractivity contribution is -0.140. The van der Waals surface area contributed by atoms with Crippen molar-refractivity contribution in [1.29, 1.82) is 0 Å². The van der Waals surface area contributed by atoms with Gasteiger partial charge in [0.15, 0.2) is 0 Å². The van der Waals surface area contributed by atoms with Crippen LogP contribution in [0.5, 0.6) is 0 Å². The molecule has 2 amide bonds. The van der Waals surface area contributed by atoms with Gasteiger partial charge in [0.2, 0.25) is 11.8 Å². The molecule has 27 heavy (non-hydrogen) atoms. The SMILES string of the molecule is CCC(C(=O)NC)N(Cc1ccc(Cl)c(Cl)c1)C(=O)Cc1ccccc1Cl. The van der Waals surface area contributed by atoms with Crippen LogP contribution < -0.4 is 5.32 Å². The second-order valence-corrected chi connectivity index (χ2v) is 7.30. The summed E-state index contributed by atoms with van der Waals surface area (Å²) in [5, 5.41) is 3.99. The highest BCUT2D eigenvalue weighted by Gasteiger charge is 2.28. The fourth-order valence-corrected chi connectivity index (χ4v) is 3.35. The van der Waals surface area contributed by atoms with Crippen molar-refractivity contribution in [2.75, 3.05) is 7.05 Å². The molecular formula is C20H21Cl3N2O2. The van der Waals surface area contributed by atoms with Gasteiger partial charge in [0, 0.05) is 18.6 Å². The molecule has 1 atom stereocenters. The molecule has 0 saturated carbocycles. The van der Waals surface area contributed by atoms with Crippen molar-refractivity contribution in [2.45, 2.75) is 32.4 Å². The number of hydrogen-bond donors (Lipinski definition) is 1. The second-order valence-electron chi connectivity index (χ2n) is 6.08. The van der Waals surface area contributed by atoms with Gasteiger partial charge in [-0.2, -0.15) is 0 Å². The maximum absolute atomic E-state index is 13.1. The Morgan fingerprint density at radius 3 is 2.33 bits per heavy atom. The van der Waals surface area contributed by atoms with Gasteiger partial charge in [-0.05, 0) is 35.7 Å². The number of likely N-dealkylation sites (N-methyl/N-ethyl adjacent to an activating group) is 1. The van der Waals surface area contributed by atoms with E-state index in [0.29, 0.717) is 21.5 Å². The first kappa shape index (κ1) is 21.5. The van der Waals surface area contributed by atoms with Crippen molar-refractivity contribution in [3.05, 3.63) is 68.7 Å². The third-order valence-electron chi connectivity index (χ3n) is 4.27. The third-order valence-corrected chi connectivity index (χ3v) is 5.38. The van der Waals surface area contributed by atoms with Gasteiger partial charge in [-0.3, -0.25) is 9.59 Å². The lowest BCUT2D eigenvalue weighted by atomic mass is 10.1. The van der Waals surface area contributed by atoms with Gasteiger partial charge in [0.05, 0.1) is 16.5 Å². The Bertz CT molecular complexity index is 827. The van der Waals surface area contributed by atoms with Crippen LogP contribution in [0.3, 0.4) is 0 Å². The summed E-state index contributed by atoms with van der Waals surface area (Å²) in [7, 11) is 1.56. The van der Waals surface area contributed by atoms with Crippen LogP contribution in [0, 0.1) is 0 Å². The van der Waals surface area contributed by atoms with Crippen LogP contribution in [0.4, 0.5) is 0 Å². The Labute approximate surface area is 174 Å². The third kappa shape index (κ3) is 5.61. The van der Waals surface area contributed by atoms with E-state index in [1.54, 1.807) is 42.3 Å². The molecule has 1 unspecified atom stereocenters. The molecule has 0 aliphatic heterocycles. The Balaban J connectivity index is 2.33. The van der Waals surface area contributed by atoms with Crippen molar-refractivity contribution < 1.29 is 9.59 Å². The van der Waals surface area contributed by atoms with Crippen molar-refractivity contribution in [2.24, 2.45) is 0 Å². The van der Waals surface area contributed by atoms with E-state index in [2.05, 4.69) is 5.32 Å². The van der Waals surface area contributed by atoms with E-state index in [0.717, 1.165) is 11.1 Å². The summed E-state index contributed by atoms with van der Waals surface area (Å²) in [4.78, 5) is 27.0. The van der Waals surface area contributed by atoms with E-state index in [1.165, 1.54) is 0 Å². The van der Waals surface area contributed by atoms with Crippen LogP contribution in [0.15, 0.2) is 42.5 Å². The van der Waals surface area contributed by atoms with E-state index in [4.69, 9.17) is 34.8 Å². The van der Waals surface area contributed by atoms with Crippen LogP contribution in [0.25, 0.3) is 0 Å². The van der Waals surface area contributed by atoms with E-state index < -0.39 is 6.04 Å². The lowest BCUT2D eigenvalue weighted by Gasteiger charge is -2.30. The molecule has 2 rings (SSSR count). The van der Waals surface area contributed by atoms with E-state index in [-0.39, 0.29) is 24.8 Å². The summed E-state index contributed by atoms with van der Waals surface area (Å²) < 4.78 is 0. The summed E-state index contributed by atoms with van der Waals surface area (Å²) in [5.41, 5.74) is 1.51. The van der Waals surface area contributed by atoms with Gasteiger partial charge in [-0.15, -0.1) is 0 Å². The molecule has 2 aromatic carbocycles. The molecule has 2 aromatic rings. The number of carbonyl (C=O) groups is 2. The van der Waals surface area contributed by atoms with Crippen LogP contribution in [-0.4, -0.2) is 29.8 Å². The summed E-state index contributed by atoms with van der Waals surface area (Å²) in [6, 6.07) is 11.8. The Hall–Kier alpha value is -1.75. The monoisotopic (exact) mass is 426 g/mol. The first-order valence-corrected chi connectivity index (χ1v) is 9.69. The standard InChI is InChI=1S/C20H21Cl3N2O2/c1-3-18(20(27)24-2)25(12-13-8-9-16(22)17(23)10-13)19(26)11-14-6-4-5-7-15(14)21/h4-10,18H,3,11-12H2,1-2H3,(H,24,27). The number of halogens is 3. The molecule has 0 aromatic heterocycles. The molecule has 144 valence electrons. The molecule has 0 aliphatic rings. The van der Waals surface area contributed by atoms with Gasteiger partial charge < -0.3 is 10.2 Å². The minimum Gasteiger partial charge on any atom is -0.357 e. The largest absolute Gasteiger partial charge is 0.357 e. The fourth-order valence-electron chi connectivity index (χ4n) is 2.83. The van der Waals surface area contributed by atoms with Gasteiger partial charge in [0.1, 0.15) is 6.04 Å². The predicted molar refractivity (Wildman–Crippen MR) is 110 cm³/mol. The molecule has 0 radical (unpaired) electrons. The predicted octanol–water partition coefficient (Wildman–Crippen LogP) is 4.74. The molecule has 7 heteroatoms. The molecule has 0 bridgehead atoms. The van der Waals surface area contributed by atoms with Crippen molar-refractivity contribution in [1.82, 2.24) is 10.2 Å².